The molecule has 204 valence electrons. The molecule has 1 aliphatic heterocycles. The predicted molar refractivity (Wildman–Crippen MR) is 143 cm³/mol. The lowest BCUT2D eigenvalue weighted by Gasteiger charge is -2.10. The fourth-order valence-electron chi connectivity index (χ4n) is 3.06. The topological polar surface area (TPSA) is 141 Å². The van der Waals surface area contributed by atoms with Gasteiger partial charge in [-0.25, -0.2) is 4.79 Å². The summed E-state index contributed by atoms with van der Waals surface area (Å²) in [6.07, 6.45) is -1.09. The zero-order chi connectivity index (χ0) is 28.6. The molecule has 9 nitrogen and oxygen atoms in total. The fourth-order valence-corrected chi connectivity index (χ4v) is 4.05. The number of amidine groups is 1. The van der Waals surface area contributed by atoms with Crippen LogP contribution in [-0.4, -0.2) is 57.5 Å². The summed E-state index contributed by atoms with van der Waals surface area (Å²) in [6, 6.07) is 14.4. The summed E-state index contributed by atoms with van der Waals surface area (Å²) in [4.78, 5) is 42.4. The zero-order valence-electron chi connectivity index (χ0n) is 19.8. The first-order valence-corrected chi connectivity index (χ1v) is 12.3. The Morgan fingerprint density at radius 2 is 1.87 bits per heavy atom. The van der Waals surface area contributed by atoms with Crippen molar-refractivity contribution in [1.82, 2.24) is 10.3 Å². The Kier molecular flexibility index (Phi) is 10.0. The largest absolute Gasteiger partial charge is 0.490 e. The van der Waals surface area contributed by atoms with E-state index in [1.54, 1.807) is 30.5 Å². The van der Waals surface area contributed by atoms with Crippen LogP contribution in [0.1, 0.15) is 22.3 Å². The number of aromatic nitrogens is 1. The molecule has 14 heteroatoms. The van der Waals surface area contributed by atoms with E-state index in [2.05, 4.69) is 20.6 Å². The number of alkyl halides is 3. The number of halogens is 4. The third kappa shape index (κ3) is 8.53. The van der Waals surface area contributed by atoms with Gasteiger partial charge in [0.25, 0.3) is 11.8 Å². The first kappa shape index (κ1) is 29.6. The Bertz CT molecular complexity index is 1460. The van der Waals surface area contributed by atoms with E-state index in [-0.39, 0.29) is 18.4 Å². The highest BCUT2D eigenvalue weighted by Gasteiger charge is 2.38. The molecule has 4 N–H and O–H groups in total. The summed E-state index contributed by atoms with van der Waals surface area (Å²) in [5.74, 6) is -3.38. The minimum Gasteiger partial charge on any atom is -0.475 e. The number of carboxylic acid groups (broad SMARTS) is 1. The zero-order valence-corrected chi connectivity index (χ0v) is 21.4. The smallest absolute Gasteiger partial charge is 0.475 e. The molecular weight excluding hydrogens is 561 g/mol. The minimum absolute atomic E-state index is 0.00469. The van der Waals surface area contributed by atoms with E-state index < -0.39 is 12.1 Å². The number of rotatable bonds is 6. The van der Waals surface area contributed by atoms with Crippen LogP contribution in [0.2, 0.25) is 5.02 Å². The monoisotopic (exact) mass is 580 g/mol. The number of carbonyl (C=O) groups is 3. The fraction of sp³-hybridized carbons (Fsp3) is 0.160. The van der Waals surface area contributed by atoms with Crippen LogP contribution in [0.15, 0.2) is 64.6 Å². The van der Waals surface area contributed by atoms with Crippen molar-refractivity contribution in [2.24, 2.45) is 4.99 Å². The van der Waals surface area contributed by atoms with Gasteiger partial charge in [-0.1, -0.05) is 23.7 Å². The molecule has 1 aliphatic rings. The molecule has 0 fully saturated rings. The number of aliphatic hydroxyl groups is 1. The number of aliphatic imine (C=N–C) groups is 1. The molecule has 0 spiro atoms. The van der Waals surface area contributed by atoms with Gasteiger partial charge >= 0.3 is 12.1 Å². The van der Waals surface area contributed by atoms with Crippen molar-refractivity contribution >= 4 is 69.0 Å². The Morgan fingerprint density at radius 1 is 1.13 bits per heavy atom. The maximum absolute atomic E-state index is 12.4. The van der Waals surface area contributed by atoms with Crippen LogP contribution >= 0.6 is 23.4 Å². The number of aliphatic hydroxyl groups excluding tert-OH is 1. The average molecular weight is 581 g/mol. The molecule has 1 aromatic heterocycles. The van der Waals surface area contributed by atoms with Crippen molar-refractivity contribution < 1.29 is 37.8 Å². The van der Waals surface area contributed by atoms with Gasteiger partial charge in [-0.2, -0.15) is 18.2 Å². The summed E-state index contributed by atoms with van der Waals surface area (Å²) in [5, 5.41) is 23.5. The maximum Gasteiger partial charge on any atom is 0.490 e. The molecule has 0 bridgehead atoms. The number of nitrogens with one attached hydrogen (secondary N) is 2. The predicted octanol–water partition coefficient (Wildman–Crippen LogP) is 4.72. The van der Waals surface area contributed by atoms with Crippen LogP contribution in [-0.2, 0) is 9.59 Å². The SMILES string of the molecule is O=C(O)C(F)(F)F.O=C1N=C(Nc2cc(C(=O)NCCCO)ccc2Cl)SC1=Cc1ccc2ncccc2c1. The highest BCUT2D eigenvalue weighted by molar-refractivity contribution is 8.18. The molecule has 0 aliphatic carbocycles. The van der Waals surface area contributed by atoms with Crippen molar-refractivity contribution in [3.05, 3.63) is 75.8 Å². The standard InChI is InChI=1S/C23H19ClN4O3S.C2HF3O2/c24-17-6-5-16(21(30)26-9-2-10-29)13-19(17)27-23-28-22(31)20(32-23)12-14-4-7-18-15(11-14)3-1-8-25-18;3-2(4,5)1(6)7/h1,3-8,11-13,29H,2,9-10H2,(H,26,30)(H,27,28,31);(H,6,7). The van der Waals surface area contributed by atoms with E-state index in [0.29, 0.717) is 39.3 Å². The first-order chi connectivity index (χ1) is 18.5. The molecular formula is C25H20ClF3N4O5S. The second-order valence-corrected chi connectivity index (χ2v) is 9.18. The van der Waals surface area contributed by atoms with Gasteiger partial charge in [0.05, 0.1) is 21.1 Å². The van der Waals surface area contributed by atoms with E-state index in [1.165, 1.54) is 11.8 Å². The molecule has 0 saturated heterocycles. The van der Waals surface area contributed by atoms with Crippen molar-refractivity contribution in [3.63, 3.8) is 0 Å². The number of nitrogens with zero attached hydrogens (tertiary/aromatic N) is 2. The number of hydrogen-bond acceptors (Lipinski definition) is 7. The molecule has 0 unspecified atom stereocenters. The number of aliphatic carboxylic acids is 1. The molecule has 0 atom stereocenters. The van der Waals surface area contributed by atoms with E-state index in [0.717, 1.165) is 16.5 Å². The Morgan fingerprint density at radius 3 is 2.56 bits per heavy atom. The highest BCUT2D eigenvalue weighted by Crippen LogP contribution is 2.32. The summed E-state index contributed by atoms with van der Waals surface area (Å²) in [6.45, 7) is 0.376. The lowest BCUT2D eigenvalue weighted by atomic mass is 10.1. The van der Waals surface area contributed by atoms with E-state index in [1.807, 2.05) is 30.3 Å². The average Bonchev–Trinajstić information content (AvgIpc) is 3.23. The number of pyridine rings is 1. The number of amides is 2. The molecule has 2 amide bonds. The van der Waals surface area contributed by atoms with Crippen molar-refractivity contribution in [2.75, 3.05) is 18.5 Å². The van der Waals surface area contributed by atoms with Gasteiger partial charge in [0, 0.05) is 30.3 Å². The van der Waals surface area contributed by atoms with E-state index >= 15 is 0 Å². The Hall–Kier alpha value is -3.94. The Balaban J connectivity index is 0.000000532. The lowest BCUT2D eigenvalue weighted by Crippen LogP contribution is -2.25. The van der Waals surface area contributed by atoms with Gasteiger partial charge in [0.2, 0.25) is 0 Å². The number of thioether (sulfide) groups is 1. The quantitative estimate of drug-likeness (QED) is 0.243. The third-order valence-electron chi connectivity index (χ3n) is 4.88. The van der Waals surface area contributed by atoms with Crippen LogP contribution in [0.3, 0.4) is 0 Å². The number of hydrogen-bond donors (Lipinski definition) is 4. The summed E-state index contributed by atoms with van der Waals surface area (Å²) < 4.78 is 31.7. The van der Waals surface area contributed by atoms with Crippen LogP contribution in [0.25, 0.3) is 17.0 Å². The van der Waals surface area contributed by atoms with Crippen molar-refractivity contribution in [3.8, 4) is 0 Å². The number of anilines is 1. The maximum atomic E-state index is 12.4. The summed E-state index contributed by atoms with van der Waals surface area (Å²) in [7, 11) is 0. The molecule has 2 heterocycles. The van der Waals surface area contributed by atoms with Crippen molar-refractivity contribution in [2.45, 2.75) is 12.6 Å². The van der Waals surface area contributed by atoms with Gasteiger partial charge < -0.3 is 20.8 Å². The summed E-state index contributed by atoms with van der Waals surface area (Å²) in [5.41, 5.74) is 2.63. The van der Waals surface area contributed by atoms with Gasteiger partial charge in [-0.15, -0.1) is 0 Å². The van der Waals surface area contributed by atoms with Gasteiger partial charge in [-0.05, 0) is 66.2 Å². The molecule has 0 radical (unpaired) electrons. The second kappa shape index (κ2) is 13.2. The van der Waals surface area contributed by atoms with Gasteiger partial charge in [0.15, 0.2) is 5.17 Å². The van der Waals surface area contributed by atoms with E-state index in [4.69, 9.17) is 26.6 Å². The first-order valence-electron chi connectivity index (χ1n) is 11.1. The van der Waals surface area contributed by atoms with Crippen LogP contribution in [0.4, 0.5) is 18.9 Å². The van der Waals surface area contributed by atoms with Gasteiger partial charge in [-0.3, -0.25) is 14.6 Å². The van der Waals surface area contributed by atoms with Gasteiger partial charge in [0.1, 0.15) is 0 Å². The van der Waals surface area contributed by atoms with E-state index in [9.17, 15) is 22.8 Å². The van der Waals surface area contributed by atoms with Crippen LogP contribution in [0, 0.1) is 0 Å². The lowest BCUT2D eigenvalue weighted by molar-refractivity contribution is -0.192. The number of carboxylic acids is 1. The normalized spacial score (nSPS) is 14.0. The number of fused-ring (bicyclic) bond motifs is 1. The number of carbonyl (C=O) groups excluding carboxylic acids is 2. The Labute approximate surface area is 228 Å². The van der Waals surface area contributed by atoms with Crippen LogP contribution < -0.4 is 10.6 Å². The summed E-state index contributed by atoms with van der Waals surface area (Å²) >= 11 is 7.47. The van der Waals surface area contributed by atoms with Crippen molar-refractivity contribution in [1.29, 1.82) is 0 Å². The molecule has 3 aromatic rings. The number of benzene rings is 2. The molecule has 0 saturated carbocycles. The second-order valence-electron chi connectivity index (χ2n) is 7.74. The third-order valence-corrected chi connectivity index (χ3v) is 6.11. The molecule has 39 heavy (non-hydrogen) atoms. The van der Waals surface area contributed by atoms with Crippen LogP contribution in [0.5, 0.6) is 0 Å². The molecule has 2 aromatic carbocycles. The molecule has 4 rings (SSSR count). The highest BCUT2D eigenvalue weighted by atomic mass is 35.5. The minimum atomic E-state index is -5.08.